The molecule has 0 aliphatic rings. The fraction of sp³-hybridized carbons (Fsp3) is 0.346. The third-order valence-corrected chi connectivity index (χ3v) is 5.11. The van der Waals surface area contributed by atoms with Crippen molar-refractivity contribution in [3.63, 3.8) is 0 Å². The number of amides is 1. The average molecular weight is 499 g/mol. The Kier molecular flexibility index (Phi) is 9.56. The van der Waals surface area contributed by atoms with E-state index in [9.17, 15) is 9.59 Å². The third kappa shape index (κ3) is 7.39. The van der Waals surface area contributed by atoms with Gasteiger partial charge in [-0.3, -0.25) is 4.79 Å². The fourth-order valence-corrected chi connectivity index (χ4v) is 3.20. The molecular formula is C26H30N2O8. The molecule has 1 amide bonds. The highest BCUT2D eigenvalue weighted by Crippen LogP contribution is 2.29. The van der Waals surface area contributed by atoms with Crippen LogP contribution in [0.4, 0.5) is 0 Å². The van der Waals surface area contributed by atoms with Gasteiger partial charge in [-0.15, -0.1) is 0 Å². The molecule has 36 heavy (non-hydrogen) atoms. The first-order valence-electron chi connectivity index (χ1n) is 11.4. The van der Waals surface area contributed by atoms with Crippen LogP contribution < -0.4 is 24.3 Å². The zero-order valence-electron chi connectivity index (χ0n) is 20.8. The summed E-state index contributed by atoms with van der Waals surface area (Å²) in [7, 11) is 1.47. The van der Waals surface area contributed by atoms with E-state index in [4.69, 9.17) is 28.2 Å². The monoisotopic (exact) mass is 498 g/mol. The Morgan fingerprint density at radius 2 is 1.69 bits per heavy atom. The lowest BCUT2D eigenvalue weighted by atomic mass is 10.2. The minimum absolute atomic E-state index is 0.225. The van der Waals surface area contributed by atoms with E-state index in [2.05, 4.69) is 10.5 Å². The molecular weight excluding hydrogens is 468 g/mol. The predicted molar refractivity (Wildman–Crippen MR) is 130 cm³/mol. The van der Waals surface area contributed by atoms with E-state index < -0.39 is 18.5 Å². The number of aromatic nitrogens is 1. The second-order valence-corrected chi connectivity index (χ2v) is 7.64. The van der Waals surface area contributed by atoms with Gasteiger partial charge in [-0.25, -0.2) is 4.79 Å². The summed E-state index contributed by atoms with van der Waals surface area (Å²) in [4.78, 5) is 24.4. The van der Waals surface area contributed by atoms with Crippen molar-refractivity contribution >= 4 is 11.9 Å². The van der Waals surface area contributed by atoms with Crippen molar-refractivity contribution in [3.05, 3.63) is 65.0 Å². The van der Waals surface area contributed by atoms with E-state index in [0.717, 1.165) is 17.0 Å². The minimum Gasteiger partial charge on any atom is -0.494 e. The van der Waals surface area contributed by atoms with E-state index in [0.29, 0.717) is 29.6 Å². The lowest BCUT2D eigenvalue weighted by molar-refractivity contribution is -0.124. The average Bonchev–Trinajstić information content (AvgIpc) is 3.21. The summed E-state index contributed by atoms with van der Waals surface area (Å²) in [5, 5.41) is 6.54. The first-order chi connectivity index (χ1) is 17.4. The topological polar surface area (TPSA) is 118 Å². The van der Waals surface area contributed by atoms with Crippen molar-refractivity contribution in [2.24, 2.45) is 0 Å². The van der Waals surface area contributed by atoms with Gasteiger partial charge in [0.2, 0.25) is 0 Å². The van der Waals surface area contributed by atoms with E-state index >= 15 is 0 Å². The Morgan fingerprint density at radius 3 is 2.33 bits per heavy atom. The number of benzene rings is 2. The number of methoxy groups -OCH3 is 1. The van der Waals surface area contributed by atoms with E-state index in [1.165, 1.54) is 19.2 Å². The number of esters is 1. The molecule has 0 saturated carbocycles. The Bertz CT molecular complexity index is 1140. The van der Waals surface area contributed by atoms with Crippen molar-refractivity contribution in [2.75, 3.05) is 33.5 Å². The predicted octanol–water partition coefficient (Wildman–Crippen LogP) is 3.63. The van der Waals surface area contributed by atoms with Crippen LogP contribution in [0.5, 0.6) is 23.0 Å². The third-order valence-electron chi connectivity index (χ3n) is 5.11. The number of carbonyl (C=O) groups excluding carboxylic acids is 2. The van der Waals surface area contributed by atoms with Crippen LogP contribution in [0.3, 0.4) is 0 Å². The number of rotatable bonds is 13. The molecule has 3 rings (SSSR count). The largest absolute Gasteiger partial charge is 0.494 e. The molecule has 10 heteroatoms. The lowest BCUT2D eigenvalue weighted by Gasteiger charge is -2.12. The Hall–Kier alpha value is -4.21. The molecule has 2 aromatic carbocycles. The number of ether oxygens (including phenoxy) is 5. The van der Waals surface area contributed by atoms with Crippen molar-refractivity contribution < 1.29 is 37.8 Å². The molecule has 0 saturated heterocycles. The van der Waals surface area contributed by atoms with Crippen molar-refractivity contribution in [1.82, 2.24) is 10.5 Å². The number of aryl methyl sites for hydroxylation is 2. The minimum atomic E-state index is -0.661. The molecule has 3 aromatic rings. The van der Waals surface area contributed by atoms with Crippen molar-refractivity contribution in [2.45, 2.75) is 27.4 Å². The van der Waals surface area contributed by atoms with Crippen LogP contribution in [0, 0.1) is 13.8 Å². The highest BCUT2D eigenvalue weighted by atomic mass is 16.5. The Balaban J connectivity index is 1.41. The quantitative estimate of drug-likeness (QED) is 0.278. The molecule has 0 atom stereocenters. The van der Waals surface area contributed by atoms with Gasteiger partial charge < -0.3 is 33.5 Å². The fourth-order valence-electron chi connectivity index (χ4n) is 3.20. The summed E-state index contributed by atoms with van der Waals surface area (Å²) in [6.07, 6.45) is 0. The van der Waals surface area contributed by atoms with Gasteiger partial charge in [-0.2, -0.15) is 0 Å². The van der Waals surface area contributed by atoms with Gasteiger partial charge in [0.05, 0.1) is 37.1 Å². The van der Waals surface area contributed by atoms with Crippen LogP contribution in [0.15, 0.2) is 47.0 Å². The van der Waals surface area contributed by atoms with Crippen LogP contribution >= 0.6 is 0 Å². The van der Waals surface area contributed by atoms with Gasteiger partial charge in [0, 0.05) is 0 Å². The Morgan fingerprint density at radius 1 is 0.972 bits per heavy atom. The molecule has 0 unspecified atom stereocenters. The highest BCUT2D eigenvalue weighted by Gasteiger charge is 2.16. The van der Waals surface area contributed by atoms with Crippen molar-refractivity contribution in [3.8, 4) is 23.0 Å². The second kappa shape index (κ2) is 13.0. The number of carbonyl (C=O) groups is 2. The molecule has 10 nitrogen and oxygen atoms in total. The number of nitrogens with zero attached hydrogens (tertiary/aromatic N) is 1. The maximum absolute atomic E-state index is 12.4. The smallest absolute Gasteiger partial charge is 0.338 e. The van der Waals surface area contributed by atoms with Crippen LogP contribution in [-0.4, -0.2) is 50.5 Å². The normalized spacial score (nSPS) is 10.4. The second-order valence-electron chi connectivity index (χ2n) is 7.64. The summed E-state index contributed by atoms with van der Waals surface area (Å²) in [6, 6.07) is 11.8. The molecule has 1 aromatic heterocycles. The highest BCUT2D eigenvalue weighted by molar-refractivity contribution is 5.92. The maximum Gasteiger partial charge on any atom is 0.338 e. The summed E-state index contributed by atoms with van der Waals surface area (Å²) in [5.74, 6) is 1.79. The van der Waals surface area contributed by atoms with Gasteiger partial charge in [0.25, 0.3) is 5.91 Å². The van der Waals surface area contributed by atoms with Crippen molar-refractivity contribution in [1.29, 1.82) is 0 Å². The van der Waals surface area contributed by atoms with Crippen LogP contribution in [0.2, 0.25) is 0 Å². The van der Waals surface area contributed by atoms with Crippen LogP contribution in [0.25, 0.3) is 0 Å². The molecule has 0 spiro atoms. The molecule has 0 bridgehead atoms. The van der Waals surface area contributed by atoms with Crippen LogP contribution in [-0.2, 0) is 16.1 Å². The van der Waals surface area contributed by atoms with Gasteiger partial charge in [0.15, 0.2) is 18.1 Å². The summed E-state index contributed by atoms with van der Waals surface area (Å²) >= 11 is 0. The van der Waals surface area contributed by atoms with Gasteiger partial charge in [-0.05, 0) is 63.2 Å². The first-order valence-corrected chi connectivity index (χ1v) is 11.4. The SMILES string of the molecule is CCOc1ccc(OCCNC(=O)COC(=O)c2ccc(OCc3c(C)noc3C)c(OC)c2)cc1. The maximum atomic E-state index is 12.4. The summed E-state index contributed by atoms with van der Waals surface area (Å²) < 4.78 is 32.3. The Labute approximate surface area is 209 Å². The molecule has 192 valence electrons. The van der Waals surface area contributed by atoms with Gasteiger partial charge >= 0.3 is 5.97 Å². The van der Waals surface area contributed by atoms with E-state index in [1.54, 1.807) is 25.1 Å². The summed E-state index contributed by atoms with van der Waals surface area (Å²) in [6.45, 7) is 6.48. The number of hydrogen-bond donors (Lipinski definition) is 1. The number of nitrogens with one attached hydrogen (secondary N) is 1. The standard InChI is InChI=1S/C26H30N2O8/c1-5-32-20-7-9-21(10-8-20)33-13-12-27-25(29)16-35-26(30)19-6-11-23(24(14-19)31-4)34-15-22-17(2)28-36-18(22)3/h6-11,14H,5,12-13,15-16H2,1-4H3,(H,27,29). The molecule has 0 fully saturated rings. The summed E-state index contributed by atoms with van der Waals surface area (Å²) in [5.41, 5.74) is 1.81. The molecule has 0 aliphatic carbocycles. The zero-order chi connectivity index (χ0) is 25.9. The van der Waals surface area contributed by atoms with Gasteiger partial charge in [-0.1, -0.05) is 5.16 Å². The van der Waals surface area contributed by atoms with E-state index in [1.807, 2.05) is 26.0 Å². The molecule has 1 N–H and O–H groups in total. The lowest BCUT2D eigenvalue weighted by Crippen LogP contribution is -2.32. The zero-order valence-corrected chi connectivity index (χ0v) is 20.8. The van der Waals surface area contributed by atoms with Gasteiger partial charge in [0.1, 0.15) is 30.5 Å². The van der Waals surface area contributed by atoms with E-state index in [-0.39, 0.29) is 25.3 Å². The van der Waals surface area contributed by atoms with Crippen LogP contribution in [0.1, 0.15) is 34.3 Å². The first kappa shape index (κ1) is 26.4. The number of hydrogen-bond acceptors (Lipinski definition) is 9. The molecule has 1 heterocycles. The molecule has 0 aliphatic heterocycles. The molecule has 0 radical (unpaired) electrons.